The third kappa shape index (κ3) is 4.40. The van der Waals surface area contributed by atoms with Crippen LogP contribution in [-0.2, 0) is 4.74 Å². The van der Waals surface area contributed by atoms with Gasteiger partial charge >= 0.3 is 0 Å². The molecule has 0 aromatic heterocycles. The Bertz CT molecular complexity index is 186. The molecule has 3 nitrogen and oxygen atoms in total. The van der Waals surface area contributed by atoms with E-state index in [0.29, 0.717) is 0 Å². The van der Waals surface area contributed by atoms with E-state index in [9.17, 15) is 0 Å². The van der Waals surface area contributed by atoms with Crippen LogP contribution in [-0.4, -0.2) is 50.3 Å². The second-order valence-electron chi connectivity index (χ2n) is 5.16. The number of hydrogen-bond donors (Lipinski definition) is 1. The Morgan fingerprint density at radius 2 is 1.94 bits per heavy atom. The lowest BCUT2D eigenvalue weighted by molar-refractivity contribution is 0.0995. The Balaban J connectivity index is 1.51. The largest absolute Gasteiger partial charge is 0.380 e. The molecule has 0 radical (unpaired) electrons. The molecule has 0 amide bonds. The maximum Gasteiger partial charge on any atom is 0.0593 e. The van der Waals surface area contributed by atoms with Crippen LogP contribution in [0.15, 0.2) is 0 Å². The van der Waals surface area contributed by atoms with Crippen LogP contribution in [0.2, 0.25) is 0 Å². The summed E-state index contributed by atoms with van der Waals surface area (Å²) in [6.07, 6.45) is 5.55. The van der Waals surface area contributed by atoms with Crippen molar-refractivity contribution in [2.75, 3.05) is 39.4 Å². The summed E-state index contributed by atoms with van der Waals surface area (Å²) in [5.41, 5.74) is 0. The van der Waals surface area contributed by atoms with Gasteiger partial charge in [-0.1, -0.05) is 0 Å². The number of hydrogen-bond acceptors (Lipinski definition) is 3. The highest BCUT2D eigenvalue weighted by atomic mass is 16.5. The zero-order valence-corrected chi connectivity index (χ0v) is 10.6. The summed E-state index contributed by atoms with van der Waals surface area (Å²) in [6.45, 7) is 8.68. The number of nitrogens with one attached hydrogen (secondary N) is 1. The Morgan fingerprint density at radius 3 is 2.56 bits per heavy atom. The molecule has 0 spiro atoms. The van der Waals surface area contributed by atoms with Crippen LogP contribution < -0.4 is 5.32 Å². The molecule has 1 saturated carbocycles. The molecule has 16 heavy (non-hydrogen) atoms. The second-order valence-corrected chi connectivity index (χ2v) is 5.16. The van der Waals surface area contributed by atoms with Crippen molar-refractivity contribution in [3.63, 3.8) is 0 Å². The SMILES string of the molecule is CCOCCN1CCC(NCC2CC2)CC1. The molecule has 0 unspecified atom stereocenters. The fourth-order valence-corrected chi connectivity index (χ4v) is 2.35. The molecular formula is C13H26N2O. The van der Waals surface area contributed by atoms with E-state index >= 15 is 0 Å². The highest BCUT2D eigenvalue weighted by molar-refractivity contribution is 4.81. The van der Waals surface area contributed by atoms with Crippen LogP contribution in [0.3, 0.4) is 0 Å². The van der Waals surface area contributed by atoms with E-state index < -0.39 is 0 Å². The summed E-state index contributed by atoms with van der Waals surface area (Å²) in [7, 11) is 0. The Labute approximate surface area is 99.5 Å². The van der Waals surface area contributed by atoms with Gasteiger partial charge in [0, 0.05) is 19.2 Å². The number of nitrogens with zero attached hydrogens (tertiary/aromatic N) is 1. The fourth-order valence-electron chi connectivity index (χ4n) is 2.35. The average molecular weight is 226 g/mol. The third-order valence-electron chi connectivity index (χ3n) is 3.74. The van der Waals surface area contributed by atoms with E-state index in [0.717, 1.165) is 31.7 Å². The average Bonchev–Trinajstić information content (AvgIpc) is 3.12. The first-order valence-electron chi connectivity index (χ1n) is 6.92. The van der Waals surface area contributed by atoms with Crippen molar-refractivity contribution in [2.24, 2.45) is 5.92 Å². The van der Waals surface area contributed by atoms with E-state index in [-0.39, 0.29) is 0 Å². The van der Waals surface area contributed by atoms with Gasteiger partial charge < -0.3 is 15.0 Å². The van der Waals surface area contributed by atoms with Crippen LogP contribution in [0, 0.1) is 5.92 Å². The molecule has 94 valence electrons. The van der Waals surface area contributed by atoms with E-state index in [2.05, 4.69) is 17.1 Å². The number of rotatable bonds is 7. The number of likely N-dealkylation sites (tertiary alicyclic amines) is 1. The molecule has 0 atom stereocenters. The van der Waals surface area contributed by atoms with Crippen molar-refractivity contribution in [1.29, 1.82) is 0 Å². The van der Waals surface area contributed by atoms with Gasteiger partial charge in [-0.25, -0.2) is 0 Å². The molecule has 1 N–H and O–H groups in total. The van der Waals surface area contributed by atoms with Gasteiger partial charge in [-0.3, -0.25) is 0 Å². The van der Waals surface area contributed by atoms with Crippen LogP contribution >= 0.6 is 0 Å². The zero-order chi connectivity index (χ0) is 11.2. The Hall–Kier alpha value is -0.120. The van der Waals surface area contributed by atoms with Crippen molar-refractivity contribution in [1.82, 2.24) is 10.2 Å². The minimum atomic E-state index is 0.781. The van der Waals surface area contributed by atoms with Gasteiger partial charge in [-0.05, 0) is 58.2 Å². The quantitative estimate of drug-likeness (QED) is 0.666. The molecule has 2 fully saturated rings. The van der Waals surface area contributed by atoms with Gasteiger partial charge in [0.2, 0.25) is 0 Å². The lowest BCUT2D eigenvalue weighted by atomic mass is 10.1. The molecule has 1 heterocycles. The normalized spacial score (nSPS) is 23.8. The third-order valence-corrected chi connectivity index (χ3v) is 3.74. The summed E-state index contributed by atoms with van der Waals surface area (Å²) < 4.78 is 5.39. The molecule has 3 heteroatoms. The first kappa shape index (κ1) is 12.3. The fraction of sp³-hybridized carbons (Fsp3) is 1.00. The van der Waals surface area contributed by atoms with Crippen molar-refractivity contribution < 1.29 is 4.74 Å². The molecule has 1 aliphatic carbocycles. The molecule has 1 aliphatic heterocycles. The van der Waals surface area contributed by atoms with Crippen LogP contribution in [0.25, 0.3) is 0 Å². The molecule has 1 saturated heterocycles. The zero-order valence-electron chi connectivity index (χ0n) is 10.6. The summed E-state index contributed by atoms with van der Waals surface area (Å²) in [5.74, 6) is 1.01. The highest BCUT2D eigenvalue weighted by Crippen LogP contribution is 2.28. The molecule has 0 aromatic rings. The van der Waals surface area contributed by atoms with Gasteiger partial charge in [-0.2, -0.15) is 0 Å². The van der Waals surface area contributed by atoms with E-state index in [1.54, 1.807) is 0 Å². The molecule has 2 aliphatic rings. The highest BCUT2D eigenvalue weighted by Gasteiger charge is 2.24. The van der Waals surface area contributed by atoms with Crippen molar-refractivity contribution >= 4 is 0 Å². The van der Waals surface area contributed by atoms with E-state index in [4.69, 9.17) is 4.74 Å². The van der Waals surface area contributed by atoms with E-state index in [1.165, 1.54) is 45.3 Å². The second kappa shape index (κ2) is 6.58. The van der Waals surface area contributed by atoms with Gasteiger partial charge in [0.1, 0.15) is 0 Å². The van der Waals surface area contributed by atoms with Gasteiger partial charge in [0.05, 0.1) is 6.61 Å². The summed E-state index contributed by atoms with van der Waals surface area (Å²) in [6, 6.07) is 0.781. The summed E-state index contributed by atoms with van der Waals surface area (Å²) >= 11 is 0. The lowest BCUT2D eigenvalue weighted by Crippen LogP contribution is -2.44. The van der Waals surface area contributed by atoms with Gasteiger partial charge in [0.15, 0.2) is 0 Å². The minimum Gasteiger partial charge on any atom is -0.380 e. The first-order chi connectivity index (χ1) is 7.88. The Morgan fingerprint density at radius 1 is 1.19 bits per heavy atom. The van der Waals surface area contributed by atoms with Crippen LogP contribution in [0.1, 0.15) is 32.6 Å². The number of piperidine rings is 1. The summed E-state index contributed by atoms with van der Waals surface area (Å²) in [4.78, 5) is 2.53. The lowest BCUT2D eigenvalue weighted by Gasteiger charge is -2.32. The maximum atomic E-state index is 5.39. The minimum absolute atomic E-state index is 0.781. The predicted molar refractivity (Wildman–Crippen MR) is 66.7 cm³/mol. The Kier molecular flexibility index (Phi) is 5.07. The smallest absolute Gasteiger partial charge is 0.0593 e. The summed E-state index contributed by atoms with van der Waals surface area (Å²) in [5, 5.41) is 3.71. The van der Waals surface area contributed by atoms with Crippen molar-refractivity contribution in [3.8, 4) is 0 Å². The molecule has 0 aromatic carbocycles. The van der Waals surface area contributed by atoms with Crippen molar-refractivity contribution in [2.45, 2.75) is 38.6 Å². The van der Waals surface area contributed by atoms with Crippen LogP contribution in [0.5, 0.6) is 0 Å². The van der Waals surface area contributed by atoms with Crippen molar-refractivity contribution in [3.05, 3.63) is 0 Å². The first-order valence-corrected chi connectivity index (χ1v) is 6.92. The monoisotopic (exact) mass is 226 g/mol. The van der Waals surface area contributed by atoms with Gasteiger partial charge in [-0.15, -0.1) is 0 Å². The molecule has 2 rings (SSSR count). The van der Waals surface area contributed by atoms with E-state index in [1.807, 2.05) is 0 Å². The standard InChI is InChI=1S/C13H26N2O/c1-2-16-10-9-15-7-5-13(6-8-15)14-11-12-3-4-12/h12-14H,2-11H2,1H3. The maximum absolute atomic E-state index is 5.39. The van der Waals surface area contributed by atoms with Gasteiger partial charge in [0.25, 0.3) is 0 Å². The topological polar surface area (TPSA) is 24.5 Å². The number of ether oxygens (including phenoxy) is 1. The molecule has 0 bridgehead atoms. The predicted octanol–water partition coefficient (Wildman–Crippen LogP) is 1.49. The molecular weight excluding hydrogens is 200 g/mol. The van der Waals surface area contributed by atoms with Crippen LogP contribution in [0.4, 0.5) is 0 Å².